The zero-order valence-electron chi connectivity index (χ0n) is 14.4. The van der Waals surface area contributed by atoms with E-state index in [0.29, 0.717) is 18.7 Å². The van der Waals surface area contributed by atoms with Gasteiger partial charge in [-0.1, -0.05) is 32.0 Å². The molecule has 0 fully saturated rings. The van der Waals surface area contributed by atoms with Crippen LogP contribution in [0.3, 0.4) is 0 Å². The Kier molecular flexibility index (Phi) is 5.92. The fourth-order valence-electron chi connectivity index (χ4n) is 2.47. The van der Waals surface area contributed by atoms with Crippen LogP contribution in [0, 0.1) is 12.7 Å². The minimum atomic E-state index is -3.68. The number of halogens is 1. The van der Waals surface area contributed by atoms with Gasteiger partial charge in [0, 0.05) is 18.7 Å². The molecule has 5 nitrogen and oxygen atoms in total. The average Bonchev–Trinajstić information content (AvgIpc) is 2.58. The van der Waals surface area contributed by atoms with Gasteiger partial charge in [0.15, 0.2) is 0 Å². The highest BCUT2D eigenvalue weighted by molar-refractivity contribution is 7.89. The van der Waals surface area contributed by atoms with Crippen LogP contribution in [0.25, 0.3) is 0 Å². The first-order valence-corrected chi connectivity index (χ1v) is 9.42. The van der Waals surface area contributed by atoms with Crippen LogP contribution in [0.4, 0.5) is 10.1 Å². The second-order valence-electron chi connectivity index (χ2n) is 5.50. The number of para-hydroxylation sites is 1. The molecule has 2 aromatic rings. The van der Waals surface area contributed by atoms with Crippen molar-refractivity contribution in [1.82, 2.24) is 4.31 Å². The number of benzene rings is 2. The van der Waals surface area contributed by atoms with Crippen LogP contribution in [-0.4, -0.2) is 31.7 Å². The zero-order chi connectivity index (χ0) is 18.6. The van der Waals surface area contributed by atoms with E-state index in [0.717, 1.165) is 0 Å². The van der Waals surface area contributed by atoms with E-state index in [9.17, 15) is 17.6 Å². The van der Waals surface area contributed by atoms with Gasteiger partial charge in [-0.15, -0.1) is 0 Å². The smallest absolute Gasteiger partial charge is 0.256 e. The lowest BCUT2D eigenvalue weighted by Gasteiger charge is -2.19. The lowest BCUT2D eigenvalue weighted by atomic mass is 10.1. The summed E-state index contributed by atoms with van der Waals surface area (Å²) in [6, 6.07) is 10.2. The van der Waals surface area contributed by atoms with E-state index in [2.05, 4.69) is 5.32 Å². The summed E-state index contributed by atoms with van der Waals surface area (Å²) < 4.78 is 40.3. The van der Waals surface area contributed by atoms with Crippen molar-refractivity contribution in [2.24, 2.45) is 0 Å². The van der Waals surface area contributed by atoms with Gasteiger partial charge >= 0.3 is 0 Å². The Bertz CT molecular complexity index is 878. The molecule has 0 aliphatic heterocycles. The summed E-state index contributed by atoms with van der Waals surface area (Å²) in [5, 5.41) is 2.48. The molecule has 0 saturated carbocycles. The summed E-state index contributed by atoms with van der Waals surface area (Å²) in [7, 11) is -3.68. The van der Waals surface area contributed by atoms with Crippen LogP contribution in [0.15, 0.2) is 47.4 Å². The number of carbonyl (C=O) groups is 1. The molecule has 1 N–H and O–H groups in total. The van der Waals surface area contributed by atoms with Gasteiger partial charge in [-0.25, -0.2) is 12.8 Å². The van der Waals surface area contributed by atoms with E-state index in [1.54, 1.807) is 32.9 Å². The van der Waals surface area contributed by atoms with Crippen molar-refractivity contribution >= 4 is 21.6 Å². The van der Waals surface area contributed by atoms with Crippen LogP contribution < -0.4 is 5.32 Å². The summed E-state index contributed by atoms with van der Waals surface area (Å²) in [5.41, 5.74) is 0.840. The predicted molar refractivity (Wildman–Crippen MR) is 95.6 cm³/mol. The largest absolute Gasteiger partial charge is 0.319 e. The molecule has 0 spiro atoms. The first kappa shape index (κ1) is 19.1. The number of carbonyl (C=O) groups excluding carboxylic acids is 1. The Morgan fingerprint density at radius 2 is 1.76 bits per heavy atom. The number of nitrogens with one attached hydrogen (secondary N) is 1. The maximum Gasteiger partial charge on any atom is 0.256 e. The fourth-order valence-corrected chi connectivity index (χ4v) is 3.96. The van der Waals surface area contributed by atoms with Crippen molar-refractivity contribution in [3.05, 3.63) is 59.4 Å². The topological polar surface area (TPSA) is 66.5 Å². The molecule has 0 heterocycles. The highest BCUT2D eigenvalue weighted by Gasteiger charge is 2.23. The molecule has 0 saturated heterocycles. The number of anilines is 1. The van der Waals surface area contributed by atoms with E-state index >= 15 is 0 Å². The van der Waals surface area contributed by atoms with E-state index < -0.39 is 21.7 Å². The number of sulfonamides is 1. The summed E-state index contributed by atoms with van der Waals surface area (Å²) in [4.78, 5) is 12.5. The third-order valence-corrected chi connectivity index (χ3v) is 5.96. The highest BCUT2D eigenvalue weighted by atomic mass is 32.2. The van der Waals surface area contributed by atoms with Crippen molar-refractivity contribution in [1.29, 1.82) is 0 Å². The molecule has 2 rings (SSSR count). The number of rotatable bonds is 6. The first-order chi connectivity index (χ1) is 11.8. The molecular weight excluding hydrogens is 343 g/mol. The number of nitrogens with zero attached hydrogens (tertiary/aromatic N) is 1. The summed E-state index contributed by atoms with van der Waals surface area (Å²) >= 11 is 0. The Labute approximate surface area is 147 Å². The fraction of sp³-hybridized carbons (Fsp3) is 0.278. The molecule has 0 unspecified atom stereocenters. The molecule has 0 bridgehead atoms. The van der Waals surface area contributed by atoms with Gasteiger partial charge in [-0.2, -0.15) is 4.31 Å². The molecular formula is C18H21FN2O3S. The Morgan fingerprint density at radius 1 is 1.12 bits per heavy atom. The monoisotopic (exact) mass is 364 g/mol. The lowest BCUT2D eigenvalue weighted by molar-refractivity contribution is 0.102. The van der Waals surface area contributed by atoms with Crippen LogP contribution in [-0.2, 0) is 10.0 Å². The molecule has 0 aliphatic carbocycles. The average molecular weight is 364 g/mol. The van der Waals surface area contributed by atoms with Gasteiger partial charge < -0.3 is 5.32 Å². The van der Waals surface area contributed by atoms with Gasteiger partial charge in [-0.05, 0) is 36.8 Å². The number of amides is 1. The van der Waals surface area contributed by atoms with Gasteiger partial charge in [-0.3, -0.25) is 4.79 Å². The molecule has 25 heavy (non-hydrogen) atoms. The minimum absolute atomic E-state index is 0.0421. The van der Waals surface area contributed by atoms with E-state index in [1.807, 2.05) is 0 Å². The van der Waals surface area contributed by atoms with Crippen molar-refractivity contribution in [2.75, 3.05) is 18.4 Å². The summed E-state index contributed by atoms with van der Waals surface area (Å²) in [6.45, 7) is 5.87. The Hall–Kier alpha value is -2.25. The van der Waals surface area contributed by atoms with Crippen molar-refractivity contribution < 1.29 is 17.6 Å². The highest BCUT2D eigenvalue weighted by Crippen LogP contribution is 2.21. The van der Waals surface area contributed by atoms with Crippen LogP contribution in [0.5, 0.6) is 0 Å². The van der Waals surface area contributed by atoms with Gasteiger partial charge in [0.25, 0.3) is 5.91 Å². The predicted octanol–water partition coefficient (Wildman–Crippen LogP) is 3.42. The normalized spacial score (nSPS) is 11.6. The van der Waals surface area contributed by atoms with Crippen LogP contribution in [0.1, 0.15) is 29.8 Å². The quantitative estimate of drug-likeness (QED) is 0.854. The summed E-state index contributed by atoms with van der Waals surface area (Å²) in [5.74, 6) is -1.11. The molecule has 0 aromatic heterocycles. The van der Waals surface area contributed by atoms with Gasteiger partial charge in [0.2, 0.25) is 10.0 Å². The lowest BCUT2D eigenvalue weighted by Crippen LogP contribution is -2.30. The van der Waals surface area contributed by atoms with Crippen molar-refractivity contribution in [3.63, 3.8) is 0 Å². The second-order valence-corrected chi connectivity index (χ2v) is 7.44. The van der Waals surface area contributed by atoms with Crippen molar-refractivity contribution in [3.8, 4) is 0 Å². The molecule has 134 valence electrons. The number of hydrogen-bond acceptors (Lipinski definition) is 3. The van der Waals surface area contributed by atoms with Crippen LogP contribution >= 0.6 is 0 Å². The second kappa shape index (κ2) is 7.76. The van der Waals surface area contributed by atoms with Gasteiger partial charge in [0.05, 0.1) is 10.6 Å². The molecule has 0 atom stereocenters. The Balaban J connectivity index is 2.39. The SMILES string of the molecule is CCN(CC)S(=O)(=O)c1ccc(C)c(C(=O)Nc2ccccc2F)c1. The third kappa shape index (κ3) is 4.05. The van der Waals surface area contributed by atoms with E-state index in [4.69, 9.17) is 0 Å². The minimum Gasteiger partial charge on any atom is -0.319 e. The summed E-state index contributed by atoms with van der Waals surface area (Å²) in [6.07, 6.45) is 0. The van der Waals surface area contributed by atoms with Gasteiger partial charge in [0.1, 0.15) is 5.82 Å². The maximum atomic E-state index is 13.7. The Morgan fingerprint density at radius 3 is 2.36 bits per heavy atom. The maximum absolute atomic E-state index is 13.7. The molecule has 1 amide bonds. The third-order valence-electron chi connectivity index (χ3n) is 3.92. The molecule has 7 heteroatoms. The molecule has 0 radical (unpaired) electrons. The van der Waals surface area contributed by atoms with Crippen LogP contribution in [0.2, 0.25) is 0 Å². The first-order valence-electron chi connectivity index (χ1n) is 7.98. The van der Waals surface area contributed by atoms with Crippen molar-refractivity contribution in [2.45, 2.75) is 25.7 Å². The number of aryl methyl sites for hydroxylation is 1. The molecule has 0 aliphatic rings. The van der Waals surface area contributed by atoms with E-state index in [-0.39, 0.29) is 16.1 Å². The standard InChI is InChI=1S/C18H21FN2O3S/c1-4-21(5-2)25(23,24)14-11-10-13(3)15(12-14)18(22)20-17-9-7-6-8-16(17)19/h6-12H,4-5H2,1-3H3,(H,20,22). The number of hydrogen-bond donors (Lipinski definition) is 1. The molecule has 2 aromatic carbocycles. The zero-order valence-corrected chi connectivity index (χ0v) is 15.2. The van der Waals surface area contributed by atoms with E-state index in [1.165, 1.54) is 34.6 Å².